The van der Waals surface area contributed by atoms with E-state index in [9.17, 15) is 0 Å². The Kier molecular flexibility index (Phi) is 2.69. The van der Waals surface area contributed by atoms with Gasteiger partial charge in [0.1, 0.15) is 5.76 Å². The van der Waals surface area contributed by atoms with Crippen molar-refractivity contribution in [3.8, 4) is 0 Å². The van der Waals surface area contributed by atoms with Crippen LogP contribution < -0.4 is 0 Å². The molecule has 0 amide bonds. The van der Waals surface area contributed by atoms with Gasteiger partial charge >= 0.3 is 0 Å². The SMILES string of the molecule is Cc1ocnc1C(I)c1cccs1. The molecule has 0 saturated heterocycles. The van der Waals surface area contributed by atoms with Crippen molar-refractivity contribution in [1.82, 2.24) is 4.98 Å². The topological polar surface area (TPSA) is 26.0 Å². The summed E-state index contributed by atoms with van der Waals surface area (Å²) in [5, 5.41) is 2.08. The first kappa shape index (κ1) is 9.21. The molecule has 0 aliphatic rings. The van der Waals surface area contributed by atoms with Gasteiger partial charge in [0, 0.05) is 4.88 Å². The second-order valence-electron chi connectivity index (χ2n) is 2.67. The number of aryl methyl sites for hydroxylation is 1. The second kappa shape index (κ2) is 3.79. The van der Waals surface area contributed by atoms with Gasteiger partial charge in [-0.05, 0) is 18.4 Å². The summed E-state index contributed by atoms with van der Waals surface area (Å²) in [5.74, 6) is 0.910. The fraction of sp³-hybridized carbons (Fsp3) is 0.222. The van der Waals surface area contributed by atoms with E-state index in [0.29, 0.717) is 3.92 Å². The maximum atomic E-state index is 5.17. The van der Waals surface area contributed by atoms with Gasteiger partial charge in [0.25, 0.3) is 0 Å². The molecule has 0 fully saturated rings. The lowest BCUT2D eigenvalue weighted by molar-refractivity contribution is 0.525. The first-order chi connectivity index (χ1) is 6.29. The molecular formula is C9H8INOS. The van der Waals surface area contributed by atoms with Crippen LogP contribution in [0.4, 0.5) is 0 Å². The van der Waals surface area contributed by atoms with Crippen molar-refractivity contribution in [1.29, 1.82) is 0 Å². The number of aromatic nitrogens is 1. The molecule has 0 spiro atoms. The molecule has 2 aromatic rings. The molecule has 2 rings (SSSR count). The third-order valence-corrected chi connectivity index (χ3v) is 4.44. The predicted molar refractivity (Wildman–Crippen MR) is 61.4 cm³/mol. The summed E-state index contributed by atoms with van der Waals surface area (Å²) in [6, 6.07) is 4.18. The van der Waals surface area contributed by atoms with Crippen LogP contribution in [-0.2, 0) is 0 Å². The predicted octanol–water partition coefficient (Wildman–Crippen LogP) is 3.57. The number of hydrogen-bond donors (Lipinski definition) is 0. The minimum Gasteiger partial charge on any atom is -0.448 e. The molecule has 2 heterocycles. The standard InChI is InChI=1S/C9H8INOS/c1-6-9(11-5-12-6)8(10)7-3-2-4-13-7/h2-5,8H,1H3. The first-order valence-corrected chi connectivity index (χ1v) is 5.99. The molecule has 1 atom stereocenters. The van der Waals surface area contributed by atoms with Gasteiger partial charge in [-0.1, -0.05) is 28.7 Å². The lowest BCUT2D eigenvalue weighted by Crippen LogP contribution is -1.91. The van der Waals surface area contributed by atoms with Gasteiger partial charge in [-0.25, -0.2) is 4.98 Å². The van der Waals surface area contributed by atoms with Crippen LogP contribution in [0.1, 0.15) is 20.3 Å². The number of alkyl halides is 1. The van der Waals surface area contributed by atoms with Gasteiger partial charge in [-0.3, -0.25) is 0 Å². The van der Waals surface area contributed by atoms with Crippen LogP contribution in [0.5, 0.6) is 0 Å². The highest BCUT2D eigenvalue weighted by molar-refractivity contribution is 14.1. The molecule has 0 aliphatic heterocycles. The van der Waals surface area contributed by atoms with Crippen molar-refractivity contribution < 1.29 is 4.42 Å². The Morgan fingerprint density at radius 3 is 3.00 bits per heavy atom. The van der Waals surface area contributed by atoms with Crippen molar-refractivity contribution in [3.05, 3.63) is 40.2 Å². The van der Waals surface area contributed by atoms with Crippen molar-refractivity contribution >= 4 is 33.9 Å². The summed E-state index contributed by atoms with van der Waals surface area (Å²) < 4.78 is 5.49. The normalized spacial score (nSPS) is 13.1. The van der Waals surface area contributed by atoms with Gasteiger partial charge < -0.3 is 4.42 Å². The maximum absolute atomic E-state index is 5.17. The second-order valence-corrected chi connectivity index (χ2v) is 4.90. The Bertz CT molecular complexity index is 382. The highest BCUT2D eigenvalue weighted by atomic mass is 127. The van der Waals surface area contributed by atoms with E-state index >= 15 is 0 Å². The summed E-state index contributed by atoms with van der Waals surface area (Å²) in [6.07, 6.45) is 1.50. The van der Waals surface area contributed by atoms with Crippen LogP contribution in [0.3, 0.4) is 0 Å². The van der Waals surface area contributed by atoms with Crippen molar-refractivity contribution in [2.45, 2.75) is 10.8 Å². The average Bonchev–Trinajstić information content (AvgIpc) is 2.72. The van der Waals surface area contributed by atoms with Crippen molar-refractivity contribution in [2.75, 3.05) is 0 Å². The van der Waals surface area contributed by atoms with Crippen LogP contribution >= 0.6 is 33.9 Å². The molecule has 0 saturated carbocycles. The third-order valence-electron chi connectivity index (χ3n) is 1.82. The molecule has 0 N–H and O–H groups in total. The Labute approximate surface area is 94.1 Å². The largest absolute Gasteiger partial charge is 0.448 e. The molecule has 13 heavy (non-hydrogen) atoms. The van der Waals surface area contributed by atoms with Gasteiger partial charge in [0.15, 0.2) is 6.39 Å². The zero-order valence-electron chi connectivity index (χ0n) is 7.03. The van der Waals surface area contributed by atoms with Crippen LogP contribution in [0.15, 0.2) is 28.3 Å². The van der Waals surface area contributed by atoms with Crippen LogP contribution in [0.25, 0.3) is 0 Å². The summed E-state index contributed by atoms with van der Waals surface area (Å²) in [6.45, 7) is 1.95. The van der Waals surface area contributed by atoms with Gasteiger partial charge in [0.05, 0.1) is 9.62 Å². The van der Waals surface area contributed by atoms with Crippen molar-refractivity contribution in [2.24, 2.45) is 0 Å². The summed E-state index contributed by atoms with van der Waals surface area (Å²) in [7, 11) is 0. The lowest BCUT2D eigenvalue weighted by Gasteiger charge is -2.03. The molecule has 0 radical (unpaired) electrons. The van der Waals surface area contributed by atoms with Gasteiger partial charge in [-0.2, -0.15) is 0 Å². The zero-order valence-corrected chi connectivity index (χ0v) is 10.0. The van der Waals surface area contributed by atoms with E-state index in [4.69, 9.17) is 4.42 Å². The summed E-state index contributed by atoms with van der Waals surface area (Å²) in [4.78, 5) is 5.52. The Balaban J connectivity index is 2.33. The molecule has 2 aromatic heterocycles. The monoisotopic (exact) mass is 305 g/mol. The minimum absolute atomic E-state index is 0.316. The number of hydrogen-bond acceptors (Lipinski definition) is 3. The van der Waals surface area contributed by atoms with Gasteiger partial charge in [0.2, 0.25) is 0 Å². The smallest absolute Gasteiger partial charge is 0.181 e. The fourth-order valence-corrected chi connectivity index (χ4v) is 3.08. The quantitative estimate of drug-likeness (QED) is 0.626. The molecule has 0 bridgehead atoms. The van der Waals surface area contributed by atoms with E-state index in [0.717, 1.165) is 11.5 Å². The molecule has 1 unspecified atom stereocenters. The average molecular weight is 305 g/mol. The van der Waals surface area contributed by atoms with Crippen LogP contribution in [0, 0.1) is 6.92 Å². The van der Waals surface area contributed by atoms with Gasteiger partial charge in [-0.15, -0.1) is 11.3 Å². The van der Waals surface area contributed by atoms with E-state index in [1.807, 2.05) is 6.92 Å². The number of halogens is 1. The third kappa shape index (κ3) is 1.78. The highest BCUT2D eigenvalue weighted by Crippen LogP contribution is 2.34. The van der Waals surface area contributed by atoms with E-state index in [2.05, 4.69) is 45.1 Å². The van der Waals surface area contributed by atoms with E-state index in [-0.39, 0.29) is 0 Å². The van der Waals surface area contributed by atoms with Crippen molar-refractivity contribution in [3.63, 3.8) is 0 Å². The number of rotatable bonds is 2. The molecule has 2 nitrogen and oxygen atoms in total. The molecule has 0 aromatic carbocycles. The molecule has 4 heteroatoms. The minimum atomic E-state index is 0.316. The Morgan fingerprint density at radius 1 is 1.62 bits per heavy atom. The maximum Gasteiger partial charge on any atom is 0.181 e. The number of nitrogens with zero attached hydrogens (tertiary/aromatic N) is 1. The van der Waals surface area contributed by atoms with Crippen LogP contribution in [-0.4, -0.2) is 4.98 Å². The first-order valence-electron chi connectivity index (χ1n) is 3.86. The van der Waals surface area contributed by atoms with E-state index in [1.54, 1.807) is 11.3 Å². The molecule has 68 valence electrons. The zero-order chi connectivity index (χ0) is 9.26. The van der Waals surface area contributed by atoms with E-state index in [1.165, 1.54) is 11.3 Å². The van der Waals surface area contributed by atoms with Crippen LogP contribution in [0.2, 0.25) is 0 Å². The molecule has 0 aliphatic carbocycles. The molecular weight excluding hydrogens is 297 g/mol. The lowest BCUT2D eigenvalue weighted by atomic mass is 10.2. The fourth-order valence-electron chi connectivity index (χ4n) is 1.13. The Morgan fingerprint density at radius 2 is 2.46 bits per heavy atom. The Hall–Kier alpha value is -0.360. The van der Waals surface area contributed by atoms with E-state index < -0.39 is 0 Å². The number of oxazole rings is 1. The highest BCUT2D eigenvalue weighted by Gasteiger charge is 2.16. The summed E-state index contributed by atoms with van der Waals surface area (Å²) in [5.41, 5.74) is 1.03. The number of thiophene rings is 1. The summed E-state index contributed by atoms with van der Waals surface area (Å²) >= 11 is 4.13.